The molecule has 3 N–H and O–H groups in total. The van der Waals surface area contributed by atoms with Crippen LogP contribution >= 0.6 is 0 Å². The summed E-state index contributed by atoms with van der Waals surface area (Å²) in [6, 6.07) is 9.64. The maximum atomic E-state index is 10.6. The quantitative estimate of drug-likeness (QED) is 0.733. The highest BCUT2D eigenvalue weighted by Crippen LogP contribution is 2.20. The van der Waals surface area contributed by atoms with Crippen LogP contribution in [0.3, 0.4) is 0 Å². The van der Waals surface area contributed by atoms with Crippen molar-refractivity contribution >= 4 is 0 Å². The largest absolute Gasteiger partial charge is 0.382 e. The summed E-state index contributed by atoms with van der Waals surface area (Å²) in [6.45, 7) is 2.64. The number of aliphatic hydroxyl groups is 1. The molecule has 1 unspecified atom stereocenters. The predicted octanol–water partition coefficient (Wildman–Crippen LogP) is 0.326. The van der Waals surface area contributed by atoms with Crippen LogP contribution < -0.4 is 5.73 Å². The second-order valence-electron chi connectivity index (χ2n) is 5.14. The van der Waals surface area contributed by atoms with Gasteiger partial charge in [0, 0.05) is 26.2 Å². The van der Waals surface area contributed by atoms with E-state index in [9.17, 15) is 5.11 Å². The predicted molar refractivity (Wildman–Crippen MR) is 75.4 cm³/mol. The maximum absolute atomic E-state index is 10.6. The van der Waals surface area contributed by atoms with Crippen LogP contribution in [-0.2, 0) is 5.60 Å². The van der Waals surface area contributed by atoms with Crippen LogP contribution in [0.4, 0.5) is 0 Å². The first-order valence-corrected chi connectivity index (χ1v) is 6.29. The molecule has 0 aromatic heterocycles. The normalized spacial score (nSPS) is 15.1. The van der Waals surface area contributed by atoms with E-state index in [4.69, 9.17) is 5.73 Å². The molecule has 1 atom stereocenters. The summed E-state index contributed by atoms with van der Waals surface area (Å²) in [5.41, 5.74) is 5.67. The van der Waals surface area contributed by atoms with Gasteiger partial charge >= 0.3 is 0 Å². The summed E-state index contributed by atoms with van der Waals surface area (Å²) >= 11 is 0. The monoisotopic (exact) mass is 251 g/mol. The zero-order chi connectivity index (χ0) is 13.6. The Morgan fingerprint density at radius 3 is 2.22 bits per heavy atom. The molecule has 0 aliphatic rings. The molecule has 0 amide bonds. The van der Waals surface area contributed by atoms with Crippen molar-refractivity contribution in [3.8, 4) is 0 Å². The lowest BCUT2D eigenvalue weighted by molar-refractivity contribution is 0.0127. The molecular formula is C14H25N3O. The van der Waals surface area contributed by atoms with Crippen molar-refractivity contribution < 1.29 is 5.11 Å². The number of likely N-dealkylation sites (N-methyl/N-ethyl adjacent to an activating group) is 2. The molecule has 1 aromatic carbocycles. The van der Waals surface area contributed by atoms with E-state index >= 15 is 0 Å². The van der Waals surface area contributed by atoms with E-state index in [1.807, 2.05) is 51.5 Å². The molecule has 0 bridgehead atoms. The molecule has 102 valence electrons. The first-order chi connectivity index (χ1) is 8.48. The Balaban J connectivity index is 2.65. The van der Waals surface area contributed by atoms with Crippen LogP contribution in [0.5, 0.6) is 0 Å². The third kappa shape index (κ3) is 4.38. The van der Waals surface area contributed by atoms with Gasteiger partial charge in [-0.05, 0) is 26.7 Å². The zero-order valence-corrected chi connectivity index (χ0v) is 11.6. The van der Waals surface area contributed by atoms with Crippen molar-refractivity contribution in [2.24, 2.45) is 5.73 Å². The van der Waals surface area contributed by atoms with Gasteiger partial charge in [-0.25, -0.2) is 0 Å². The van der Waals surface area contributed by atoms with Crippen molar-refractivity contribution in [1.29, 1.82) is 0 Å². The molecule has 18 heavy (non-hydrogen) atoms. The van der Waals surface area contributed by atoms with Gasteiger partial charge in [0.1, 0.15) is 5.60 Å². The molecular weight excluding hydrogens is 226 g/mol. The van der Waals surface area contributed by atoms with Crippen molar-refractivity contribution in [3.05, 3.63) is 35.9 Å². The Morgan fingerprint density at radius 1 is 1.11 bits per heavy atom. The van der Waals surface area contributed by atoms with Gasteiger partial charge in [0.2, 0.25) is 0 Å². The number of hydrogen-bond donors (Lipinski definition) is 2. The third-order valence-corrected chi connectivity index (χ3v) is 3.11. The maximum Gasteiger partial charge on any atom is 0.114 e. The Hall–Kier alpha value is -0.940. The minimum absolute atomic E-state index is 0.226. The van der Waals surface area contributed by atoms with E-state index in [-0.39, 0.29) is 6.54 Å². The second-order valence-corrected chi connectivity index (χ2v) is 5.14. The highest BCUT2D eigenvalue weighted by Gasteiger charge is 2.28. The van der Waals surface area contributed by atoms with Gasteiger partial charge in [0.05, 0.1) is 0 Å². The van der Waals surface area contributed by atoms with Gasteiger partial charge in [-0.1, -0.05) is 30.3 Å². The van der Waals surface area contributed by atoms with Gasteiger partial charge in [-0.15, -0.1) is 0 Å². The Morgan fingerprint density at radius 2 is 1.72 bits per heavy atom. The summed E-state index contributed by atoms with van der Waals surface area (Å²) < 4.78 is 0. The molecule has 0 saturated carbocycles. The molecule has 4 nitrogen and oxygen atoms in total. The minimum atomic E-state index is -0.970. The lowest BCUT2D eigenvalue weighted by Crippen LogP contribution is -2.46. The summed E-state index contributed by atoms with van der Waals surface area (Å²) in [4.78, 5) is 4.24. The molecule has 0 aliphatic carbocycles. The van der Waals surface area contributed by atoms with E-state index in [0.717, 1.165) is 18.7 Å². The lowest BCUT2D eigenvalue weighted by Gasteiger charge is -2.32. The molecule has 0 radical (unpaired) electrons. The number of nitrogens with zero attached hydrogens (tertiary/aromatic N) is 2. The van der Waals surface area contributed by atoms with Crippen LogP contribution in [0.15, 0.2) is 30.3 Å². The van der Waals surface area contributed by atoms with Crippen LogP contribution in [-0.4, -0.2) is 62.2 Å². The first-order valence-electron chi connectivity index (χ1n) is 6.29. The zero-order valence-electron chi connectivity index (χ0n) is 11.6. The highest BCUT2D eigenvalue weighted by molar-refractivity contribution is 5.23. The Bertz CT molecular complexity index is 342. The van der Waals surface area contributed by atoms with Crippen LogP contribution in [0.1, 0.15) is 5.56 Å². The SMILES string of the molecule is CN(C)CCN(C)CC(O)(CN)c1ccccc1. The lowest BCUT2D eigenvalue weighted by atomic mass is 9.93. The van der Waals surface area contributed by atoms with Gasteiger partial charge in [-0.2, -0.15) is 0 Å². The van der Waals surface area contributed by atoms with E-state index in [1.54, 1.807) is 0 Å². The molecule has 0 aliphatic heterocycles. The van der Waals surface area contributed by atoms with Crippen molar-refractivity contribution in [2.45, 2.75) is 5.60 Å². The number of hydrogen-bond acceptors (Lipinski definition) is 4. The van der Waals surface area contributed by atoms with E-state index in [2.05, 4.69) is 9.80 Å². The summed E-state index contributed by atoms with van der Waals surface area (Å²) in [5.74, 6) is 0. The molecule has 0 spiro atoms. The molecule has 1 rings (SSSR count). The standard InChI is InChI=1S/C14H25N3O/c1-16(2)9-10-17(3)12-14(18,11-15)13-7-5-4-6-8-13/h4-8,18H,9-12,15H2,1-3H3. The number of benzene rings is 1. The molecule has 0 fully saturated rings. The van der Waals surface area contributed by atoms with Crippen molar-refractivity contribution in [3.63, 3.8) is 0 Å². The molecule has 0 heterocycles. The van der Waals surface area contributed by atoms with Crippen LogP contribution in [0.25, 0.3) is 0 Å². The third-order valence-electron chi connectivity index (χ3n) is 3.11. The Labute approximate surface area is 110 Å². The minimum Gasteiger partial charge on any atom is -0.382 e. The fourth-order valence-electron chi connectivity index (χ4n) is 1.92. The van der Waals surface area contributed by atoms with Crippen molar-refractivity contribution in [2.75, 3.05) is 47.3 Å². The fraction of sp³-hybridized carbons (Fsp3) is 0.571. The summed E-state index contributed by atoms with van der Waals surface area (Å²) in [5, 5.41) is 10.6. The fourth-order valence-corrected chi connectivity index (χ4v) is 1.92. The highest BCUT2D eigenvalue weighted by atomic mass is 16.3. The summed E-state index contributed by atoms with van der Waals surface area (Å²) in [7, 11) is 6.09. The topological polar surface area (TPSA) is 52.7 Å². The average Bonchev–Trinajstić information content (AvgIpc) is 2.37. The average molecular weight is 251 g/mol. The van der Waals surface area contributed by atoms with E-state index in [1.165, 1.54) is 0 Å². The first kappa shape index (κ1) is 15.1. The van der Waals surface area contributed by atoms with Crippen LogP contribution in [0.2, 0.25) is 0 Å². The molecule has 1 aromatic rings. The molecule has 4 heteroatoms. The molecule has 0 saturated heterocycles. The smallest absolute Gasteiger partial charge is 0.114 e. The van der Waals surface area contributed by atoms with Gasteiger partial charge in [0.25, 0.3) is 0 Å². The number of nitrogens with two attached hydrogens (primary N) is 1. The Kier molecular flexibility index (Phi) is 5.75. The van der Waals surface area contributed by atoms with E-state index in [0.29, 0.717) is 6.54 Å². The van der Waals surface area contributed by atoms with Gasteiger partial charge in [-0.3, -0.25) is 0 Å². The van der Waals surface area contributed by atoms with Gasteiger partial charge in [0.15, 0.2) is 0 Å². The number of rotatable bonds is 7. The van der Waals surface area contributed by atoms with Crippen LogP contribution in [0, 0.1) is 0 Å². The summed E-state index contributed by atoms with van der Waals surface area (Å²) in [6.07, 6.45) is 0. The second kappa shape index (κ2) is 6.85. The van der Waals surface area contributed by atoms with Gasteiger partial charge < -0.3 is 20.6 Å². The van der Waals surface area contributed by atoms with E-state index < -0.39 is 5.60 Å². The van der Waals surface area contributed by atoms with Crippen molar-refractivity contribution in [1.82, 2.24) is 9.80 Å².